The highest BCUT2D eigenvalue weighted by atomic mass is 32.1. The van der Waals surface area contributed by atoms with Gasteiger partial charge in [0.05, 0.1) is 13.2 Å². The second-order valence-corrected chi connectivity index (χ2v) is 7.58. The zero-order chi connectivity index (χ0) is 19.8. The van der Waals surface area contributed by atoms with Gasteiger partial charge >= 0.3 is 0 Å². The Morgan fingerprint density at radius 3 is 2.79 bits per heavy atom. The van der Waals surface area contributed by atoms with Crippen molar-refractivity contribution in [3.8, 4) is 11.5 Å². The third-order valence-corrected chi connectivity index (χ3v) is 5.06. The van der Waals surface area contributed by atoms with Crippen LogP contribution in [0.2, 0.25) is 0 Å². The number of guanidine groups is 1. The smallest absolute Gasteiger partial charge is 0.243 e. The van der Waals surface area contributed by atoms with Crippen LogP contribution in [-0.2, 0) is 11.2 Å². The summed E-state index contributed by atoms with van der Waals surface area (Å²) in [5.41, 5.74) is 0.823. The molecule has 0 aliphatic carbocycles. The van der Waals surface area contributed by atoms with Gasteiger partial charge < -0.3 is 25.0 Å². The summed E-state index contributed by atoms with van der Waals surface area (Å²) in [5, 5.41) is 8.62. The Morgan fingerprint density at radius 1 is 1.21 bits per heavy atom. The fourth-order valence-corrected chi connectivity index (χ4v) is 3.27. The number of carbonyl (C=O) groups is 1. The van der Waals surface area contributed by atoms with Gasteiger partial charge in [0.25, 0.3) is 0 Å². The van der Waals surface area contributed by atoms with Gasteiger partial charge in [-0.2, -0.15) is 0 Å². The molecule has 0 atom stereocenters. The fourth-order valence-electron chi connectivity index (χ4n) is 2.56. The zero-order valence-corrected chi connectivity index (χ0v) is 17.1. The van der Waals surface area contributed by atoms with E-state index in [1.807, 2.05) is 24.3 Å². The maximum Gasteiger partial charge on any atom is 0.243 e. The molecular weight excluding hydrogens is 376 g/mol. The second kappa shape index (κ2) is 9.98. The van der Waals surface area contributed by atoms with Crippen molar-refractivity contribution in [1.82, 2.24) is 10.2 Å². The molecule has 0 saturated heterocycles. The van der Waals surface area contributed by atoms with Gasteiger partial charge in [0.2, 0.25) is 5.91 Å². The van der Waals surface area contributed by atoms with E-state index in [0.29, 0.717) is 31.5 Å². The van der Waals surface area contributed by atoms with Crippen molar-refractivity contribution in [2.24, 2.45) is 4.99 Å². The maximum atomic E-state index is 11.9. The van der Waals surface area contributed by atoms with Gasteiger partial charge in [0.1, 0.15) is 6.54 Å². The van der Waals surface area contributed by atoms with Crippen molar-refractivity contribution in [3.05, 3.63) is 40.6 Å². The summed E-state index contributed by atoms with van der Waals surface area (Å²) in [6, 6.07) is 9.84. The number of nitrogens with one attached hydrogen (secondary N) is 2. The van der Waals surface area contributed by atoms with E-state index in [1.54, 1.807) is 25.4 Å². The number of benzene rings is 1. The van der Waals surface area contributed by atoms with Crippen LogP contribution >= 0.6 is 11.3 Å². The van der Waals surface area contributed by atoms with E-state index < -0.39 is 0 Å². The first-order valence-electron chi connectivity index (χ1n) is 9.29. The van der Waals surface area contributed by atoms with Crippen molar-refractivity contribution in [3.63, 3.8) is 0 Å². The Kier molecular flexibility index (Phi) is 7.13. The van der Waals surface area contributed by atoms with Crippen molar-refractivity contribution >= 4 is 28.9 Å². The van der Waals surface area contributed by atoms with E-state index in [0.717, 1.165) is 24.3 Å². The number of thiophene rings is 1. The number of carbonyl (C=O) groups excluding carboxylic acids is 1. The molecule has 1 aliphatic rings. The van der Waals surface area contributed by atoms with Crippen molar-refractivity contribution in [2.75, 3.05) is 45.7 Å². The van der Waals surface area contributed by atoms with Gasteiger partial charge in [-0.1, -0.05) is 6.07 Å². The molecule has 28 heavy (non-hydrogen) atoms. The predicted octanol–water partition coefficient (Wildman–Crippen LogP) is 2.60. The Labute approximate surface area is 169 Å². The second-order valence-electron chi connectivity index (χ2n) is 6.55. The van der Waals surface area contributed by atoms with E-state index >= 15 is 0 Å². The molecule has 2 N–H and O–H groups in total. The van der Waals surface area contributed by atoms with Gasteiger partial charge in [-0.25, -0.2) is 4.99 Å². The van der Waals surface area contributed by atoms with Crippen LogP contribution in [0.5, 0.6) is 11.5 Å². The molecule has 0 unspecified atom stereocenters. The molecule has 1 amide bonds. The number of aliphatic imine (C=N–C) groups is 1. The number of amides is 1. The Hall–Kier alpha value is -2.74. The standard InChI is InChI=1S/C20H26N4O3S/c1-24(2)19(25)14-22-20(21-9-8-16-5-3-12-28-16)23-15-6-7-17-18(13-15)27-11-4-10-26-17/h3,5-7,12-13H,4,8-11,14H2,1-2H3,(H2,21,22,23). The highest BCUT2D eigenvalue weighted by Crippen LogP contribution is 2.32. The molecule has 7 nitrogen and oxygen atoms in total. The number of fused-ring (bicyclic) bond motifs is 1. The van der Waals surface area contributed by atoms with Crippen LogP contribution in [0.25, 0.3) is 0 Å². The molecule has 2 aromatic rings. The zero-order valence-electron chi connectivity index (χ0n) is 16.2. The number of ether oxygens (including phenoxy) is 2. The molecule has 150 valence electrons. The third kappa shape index (κ3) is 5.88. The first-order valence-corrected chi connectivity index (χ1v) is 10.2. The number of likely N-dealkylation sites (N-methyl/N-ethyl adjacent to an activating group) is 1. The fraction of sp³-hybridized carbons (Fsp3) is 0.400. The molecule has 0 spiro atoms. The topological polar surface area (TPSA) is 75.2 Å². The first-order chi connectivity index (χ1) is 13.6. The molecular formula is C20H26N4O3S. The molecule has 1 aliphatic heterocycles. The summed E-state index contributed by atoms with van der Waals surface area (Å²) in [6.07, 6.45) is 1.75. The van der Waals surface area contributed by atoms with Crippen LogP contribution in [0, 0.1) is 0 Å². The Balaban J connectivity index is 1.67. The lowest BCUT2D eigenvalue weighted by Gasteiger charge is -2.15. The van der Waals surface area contributed by atoms with E-state index in [-0.39, 0.29) is 12.5 Å². The van der Waals surface area contributed by atoms with Crippen LogP contribution in [0.15, 0.2) is 40.7 Å². The summed E-state index contributed by atoms with van der Waals surface area (Å²) in [7, 11) is 3.44. The summed E-state index contributed by atoms with van der Waals surface area (Å²) in [4.78, 5) is 19.2. The summed E-state index contributed by atoms with van der Waals surface area (Å²) < 4.78 is 11.4. The van der Waals surface area contributed by atoms with Crippen molar-refractivity contribution < 1.29 is 14.3 Å². The van der Waals surface area contributed by atoms with Gasteiger partial charge in [-0.15, -0.1) is 11.3 Å². The summed E-state index contributed by atoms with van der Waals surface area (Å²) in [5.74, 6) is 1.96. The first kappa shape index (κ1) is 20.0. The molecule has 8 heteroatoms. The molecule has 0 radical (unpaired) electrons. The minimum absolute atomic E-state index is 0.0574. The van der Waals surface area contributed by atoms with Crippen molar-refractivity contribution in [1.29, 1.82) is 0 Å². The number of nitrogens with zero attached hydrogens (tertiary/aromatic N) is 2. The lowest BCUT2D eigenvalue weighted by Crippen LogP contribution is -2.34. The Morgan fingerprint density at radius 2 is 2.04 bits per heavy atom. The van der Waals surface area contributed by atoms with Gasteiger partial charge in [0.15, 0.2) is 17.5 Å². The van der Waals surface area contributed by atoms with Gasteiger partial charge in [-0.05, 0) is 30.0 Å². The monoisotopic (exact) mass is 402 g/mol. The quantitative estimate of drug-likeness (QED) is 0.574. The Bertz CT molecular complexity index is 806. The van der Waals surface area contributed by atoms with E-state index in [2.05, 4.69) is 27.1 Å². The van der Waals surface area contributed by atoms with E-state index in [9.17, 15) is 4.79 Å². The number of hydrogen-bond donors (Lipinski definition) is 2. The number of hydrogen-bond acceptors (Lipinski definition) is 5. The molecule has 0 fully saturated rings. The molecule has 2 heterocycles. The van der Waals surface area contributed by atoms with E-state index in [1.165, 1.54) is 9.78 Å². The predicted molar refractivity (Wildman–Crippen MR) is 113 cm³/mol. The summed E-state index contributed by atoms with van der Waals surface area (Å²) >= 11 is 1.73. The van der Waals surface area contributed by atoms with Crippen LogP contribution < -0.4 is 20.1 Å². The highest BCUT2D eigenvalue weighted by molar-refractivity contribution is 7.09. The van der Waals surface area contributed by atoms with Crippen LogP contribution in [0.3, 0.4) is 0 Å². The molecule has 0 bridgehead atoms. The SMILES string of the molecule is CN(C)C(=O)CN=C(NCCc1cccs1)Nc1ccc2c(c1)OCCCO2. The largest absolute Gasteiger partial charge is 0.490 e. The van der Waals surface area contributed by atoms with Crippen LogP contribution in [-0.4, -0.2) is 57.2 Å². The lowest BCUT2D eigenvalue weighted by atomic mass is 10.2. The third-order valence-electron chi connectivity index (χ3n) is 4.13. The molecule has 0 saturated carbocycles. The van der Waals surface area contributed by atoms with E-state index in [4.69, 9.17) is 9.47 Å². The average Bonchev–Trinajstić information content (AvgIpc) is 3.09. The maximum absolute atomic E-state index is 11.9. The normalized spacial score (nSPS) is 13.6. The molecule has 3 rings (SSSR count). The highest BCUT2D eigenvalue weighted by Gasteiger charge is 2.12. The number of rotatable bonds is 6. The minimum Gasteiger partial charge on any atom is -0.490 e. The molecule has 1 aromatic heterocycles. The van der Waals surface area contributed by atoms with Gasteiger partial charge in [0, 0.05) is 43.7 Å². The number of anilines is 1. The average molecular weight is 403 g/mol. The lowest BCUT2D eigenvalue weighted by molar-refractivity contribution is -0.127. The van der Waals surface area contributed by atoms with Crippen molar-refractivity contribution in [2.45, 2.75) is 12.8 Å². The van der Waals surface area contributed by atoms with Crippen LogP contribution in [0.1, 0.15) is 11.3 Å². The van der Waals surface area contributed by atoms with Crippen LogP contribution in [0.4, 0.5) is 5.69 Å². The van der Waals surface area contributed by atoms with Gasteiger partial charge in [-0.3, -0.25) is 4.79 Å². The summed E-state index contributed by atoms with van der Waals surface area (Å²) in [6.45, 7) is 2.08. The molecule has 1 aromatic carbocycles. The minimum atomic E-state index is -0.0574.